The lowest BCUT2D eigenvalue weighted by molar-refractivity contribution is -0.117. The molecule has 0 aromatic heterocycles. The monoisotopic (exact) mass is 320 g/mol. The molecule has 0 aliphatic carbocycles. The first-order valence-corrected chi connectivity index (χ1v) is 8.01. The van der Waals surface area contributed by atoms with Gasteiger partial charge in [0.2, 0.25) is 5.91 Å². The van der Waals surface area contributed by atoms with Gasteiger partial charge in [0.25, 0.3) is 0 Å². The van der Waals surface area contributed by atoms with E-state index in [4.69, 9.17) is 17.3 Å². The van der Waals surface area contributed by atoms with Crippen LogP contribution in [0, 0.1) is 0 Å². The molecule has 110 valence electrons. The summed E-state index contributed by atoms with van der Waals surface area (Å²) in [6.45, 7) is 0. The number of carbonyl (C=O) groups excluding carboxylic acids is 1. The fourth-order valence-corrected chi connectivity index (χ4v) is 3.00. The highest BCUT2D eigenvalue weighted by molar-refractivity contribution is 7.99. The van der Waals surface area contributed by atoms with Gasteiger partial charge in [-0.25, -0.2) is 0 Å². The number of rotatable bonds is 6. The molecule has 0 heterocycles. The second-order valence-electron chi connectivity index (χ2n) is 4.56. The van der Waals surface area contributed by atoms with Gasteiger partial charge in [0.05, 0.1) is 6.04 Å². The maximum atomic E-state index is 11.9. The summed E-state index contributed by atoms with van der Waals surface area (Å²) in [6, 6.07) is 16.4. The fraction of sp³-hybridized carbons (Fsp3) is 0.188. The Morgan fingerprint density at radius 2 is 1.95 bits per heavy atom. The van der Waals surface area contributed by atoms with Crippen molar-refractivity contribution in [2.24, 2.45) is 5.73 Å². The minimum absolute atomic E-state index is 0.159. The largest absolute Gasteiger partial charge is 0.325 e. The van der Waals surface area contributed by atoms with Gasteiger partial charge in [-0.3, -0.25) is 4.79 Å². The fourth-order valence-electron chi connectivity index (χ4n) is 1.75. The Morgan fingerprint density at radius 1 is 1.19 bits per heavy atom. The Kier molecular flexibility index (Phi) is 6.11. The molecule has 0 aliphatic heterocycles. The minimum atomic E-state index is -0.517. The Balaban J connectivity index is 1.76. The number of anilines is 1. The minimum Gasteiger partial charge on any atom is -0.325 e. The van der Waals surface area contributed by atoms with E-state index in [2.05, 4.69) is 5.32 Å². The lowest BCUT2D eigenvalue weighted by Gasteiger charge is -2.12. The molecule has 2 aromatic rings. The van der Waals surface area contributed by atoms with Gasteiger partial charge in [0.1, 0.15) is 0 Å². The molecular weight excluding hydrogens is 304 g/mol. The van der Waals surface area contributed by atoms with E-state index in [1.54, 1.807) is 11.8 Å². The van der Waals surface area contributed by atoms with Crippen LogP contribution < -0.4 is 11.1 Å². The molecule has 5 heteroatoms. The standard InChI is InChI=1S/C16H17ClN2OS/c17-12-5-4-8-14(11-12)21-10-9-15(18)16(20)19-13-6-2-1-3-7-13/h1-8,11,15H,9-10,18H2,(H,19,20). The van der Waals surface area contributed by atoms with E-state index in [-0.39, 0.29) is 5.91 Å². The third kappa shape index (κ3) is 5.42. The van der Waals surface area contributed by atoms with Crippen molar-refractivity contribution in [1.29, 1.82) is 0 Å². The van der Waals surface area contributed by atoms with E-state index < -0.39 is 6.04 Å². The Hall–Kier alpha value is -1.49. The molecule has 0 saturated carbocycles. The van der Waals surface area contributed by atoms with Crippen LogP contribution >= 0.6 is 23.4 Å². The van der Waals surface area contributed by atoms with Crippen molar-refractivity contribution < 1.29 is 4.79 Å². The van der Waals surface area contributed by atoms with Crippen LogP contribution in [0.2, 0.25) is 5.02 Å². The zero-order valence-corrected chi connectivity index (χ0v) is 13.0. The molecule has 2 aromatic carbocycles. The SMILES string of the molecule is NC(CCSc1cccc(Cl)c1)C(=O)Nc1ccccc1. The van der Waals surface area contributed by atoms with E-state index in [9.17, 15) is 4.79 Å². The van der Waals surface area contributed by atoms with E-state index in [1.165, 1.54) is 0 Å². The Morgan fingerprint density at radius 3 is 2.67 bits per heavy atom. The number of para-hydroxylation sites is 1. The molecule has 21 heavy (non-hydrogen) atoms. The van der Waals surface area contributed by atoms with Gasteiger partial charge in [-0.05, 0) is 42.5 Å². The molecule has 0 fully saturated rings. The Labute approximate surface area is 133 Å². The van der Waals surface area contributed by atoms with Crippen molar-refractivity contribution in [2.45, 2.75) is 17.4 Å². The number of carbonyl (C=O) groups is 1. The summed E-state index contributed by atoms with van der Waals surface area (Å²) in [5, 5.41) is 3.52. The highest BCUT2D eigenvalue weighted by Crippen LogP contribution is 2.22. The molecule has 3 nitrogen and oxygen atoms in total. The summed E-state index contributed by atoms with van der Waals surface area (Å²) >= 11 is 7.57. The molecule has 0 aliphatic rings. The van der Waals surface area contributed by atoms with Gasteiger partial charge in [-0.15, -0.1) is 11.8 Å². The molecule has 1 amide bonds. The smallest absolute Gasteiger partial charge is 0.241 e. The number of thioether (sulfide) groups is 1. The number of hydrogen-bond donors (Lipinski definition) is 2. The van der Waals surface area contributed by atoms with E-state index in [0.717, 1.165) is 16.3 Å². The normalized spacial score (nSPS) is 11.9. The number of benzene rings is 2. The van der Waals surface area contributed by atoms with Crippen LogP contribution in [0.3, 0.4) is 0 Å². The lowest BCUT2D eigenvalue weighted by atomic mass is 10.2. The number of nitrogens with two attached hydrogens (primary N) is 1. The van der Waals surface area contributed by atoms with Gasteiger partial charge in [0.15, 0.2) is 0 Å². The Bertz CT molecular complexity index is 592. The first-order valence-electron chi connectivity index (χ1n) is 6.65. The molecule has 0 radical (unpaired) electrons. The molecule has 2 rings (SSSR count). The molecule has 0 bridgehead atoms. The average Bonchev–Trinajstić information content (AvgIpc) is 2.48. The maximum Gasteiger partial charge on any atom is 0.241 e. The zero-order chi connectivity index (χ0) is 15.1. The highest BCUT2D eigenvalue weighted by Gasteiger charge is 2.13. The number of hydrogen-bond acceptors (Lipinski definition) is 3. The third-order valence-electron chi connectivity index (χ3n) is 2.87. The van der Waals surface area contributed by atoms with E-state index in [0.29, 0.717) is 11.4 Å². The maximum absolute atomic E-state index is 11.9. The number of nitrogens with one attached hydrogen (secondary N) is 1. The van der Waals surface area contributed by atoms with Crippen molar-refractivity contribution in [3.8, 4) is 0 Å². The predicted octanol–water partition coefficient (Wildman–Crippen LogP) is 3.79. The summed E-state index contributed by atoms with van der Waals surface area (Å²) in [6.07, 6.45) is 0.607. The second kappa shape index (κ2) is 8.08. The average molecular weight is 321 g/mol. The second-order valence-corrected chi connectivity index (χ2v) is 6.16. The van der Waals surface area contributed by atoms with Crippen molar-refractivity contribution in [3.05, 3.63) is 59.6 Å². The van der Waals surface area contributed by atoms with Crippen LogP contribution in [0.4, 0.5) is 5.69 Å². The summed E-state index contributed by atoms with van der Waals surface area (Å²) in [4.78, 5) is 13.0. The highest BCUT2D eigenvalue weighted by atomic mass is 35.5. The van der Waals surface area contributed by atoms with Gasteiger partial charge in [0, 0.05) is 15.6 Å². The topological polar surface area (TPSA) is 55.1 Å². The molecule has 0 spiro atoms. The van der Waals surface area contributed by atoms with Gasteiger partial charge in [-0.1, -0.05) is 35.9 Å². The first-order chi connectivity index (χ1) is 10.1. The number of halogens is 1. The molecular formula is C16H17ClN2OS. The quantitative estimate of drug-likeness (QED) is 0.796. The van der Waals surface area contributed by atoms with Crippen LogP contribution in [-0.4, -0.2) is 17.7 Å². The van der Waals surface area contributed by atoms with Crippen molar-refractivity contribution in [1.82, 2.24) is 0 Å². The summed E-state index contributed by atoms with van der Waals surface area (Å²) < 4.78 is 0. The van der Waals surface area contributed by atoms with Crippen LogP contribution in [0.25, 0.3) is 0 Å². The van der Waals surface area contributed by atoms with Crippen LogP contribution in [0.5, 0.6) is 0 Å². The van der Waals surface area contributed by atoms with Crippen molar-refractivity contribution in [3.63, 3.8) is 0 Å². The molecule has 0 saturated heterocycles. The molecule has 3 N–H and O–H groups in total. The summed E-state index contributed by atoms with van der Waals surface area (Å²) in [5.74, 6) is 0.608. The van der Waals surface area contributed by atoms with E-state index >= 15 is 0 Å². The van der Waals surface area contributed by atoms with Crippen molar-refractivity contribution >= 4 is 35.0 Å². The van der Waals surface area contributed by atoms with Crippen molar-refractivity contribution in [2.75, 3.05) is 11.1 Å². The molecule has 1 unspecified atom stereocenters. The summed E-state index contributed by atoms with van der Waals surface area (Å²) in [5.41, 5.74) is 6.67. The van der Waals surface area contributed by atoms with Gasteiger partial charge in [-0.2, -0.15) is 0 Å². The van der Waals surface area contributed by atoms with Crippen LogP contribution in [0.1, 0.15) is 6.42 Å². The zero-order valence-electron chi connectivity index (χ0n) is 11.5. The van der Waals surface area contributed by atoms with Gasteiger partial charge >= 0.3 is 0 Å². The molecule has 1 atom stereocenters. The van der Waals surface area contributed by atoms with Crippen LogP contribution in [-0.2, 0) is 4.79 Å². The third-order valence-corrected chi connectivity index (χ3v) is 4.13. The predicted molar refractivity (Wildman–Crippen MR) is 89.8 cm³/mol. The van der Waals surface area contributed by atoms with Gasteiger partial charge < -0.3 is 11.1 Å². The van der Waals surface area contributed by atoms with E-state index in [1.807, 2.05) is 54.6 Å². The number of amides is 1. The van der Waals surface area contributed by atoms with Crippen LogP contribution in [0.15, 0.2) is 59.5 Å². The first kappa shape index (κ1) is 15.9. The summed E-state index contributed by atoms with van der Waals surface area (Å²) in [7, 11) is 0. The lowest BCUT2D eigenvalue weighted by Crippen LogP contribution is -2.36.